The normalized spacial score (nSPS) is 16.0. The number of nitrogens with zero attached hydrogens (tertiary/aromatic N) is 3. The highest BCUT2D eigenvalue weighted by molar-refractivity contribution is 7.14. The fourth-order valence-corrected chi connectivity index (χ4v) is 4.47. The Balaban J connectivity index is 1.48. The van der Waals surface area contributed by atoms with Crippen LogP contribution >= 0.6 is 11.5 Å². The minimum atomic E-state index is -0.469. The van der Waals surface area contributed by atoms with Gasteiger partial charge in [0.15, 0.2) is 0 Å². The second kappa shape index (κ2) is 6.96. The van der Waals surface area contributed by atoms with Crippen molar-refractivity contribution >= 4 is 33.2 Å². The van der Waals surface area contributed by atoms with Gasteiger partial charge in [0.2, 0.25) is 5.91 Å². The zero-order chi connectivity index (χ0) is 18.1. The van der Waals surface area contributed by atoms with Crippen LogP contribution in [0.15, 0.2) is 59.4 Å². The van der Waals surface area contributed by atoms with Crippen molar-refractivity contribution in [3.05, 3.63) is 65.0 Å². The molecule has 26 heavy (non-hydrogen) atoms. The lowest BCUT2D eigenvalue weighted by Gasteiger charge is -2.37. The molecule has 1 aromatic heterocycles. The summed E-state index contributed by atoms with van der Waals surface area (Å²) in [4.78, 5) is 29.7. The molecule has 1 aliphatic heterocycles. The third-order valence-corrected chi connectivity index (χ3v) is 6.17. The lowest BCUT2D eigenvalue weighted by molar-refractivity contribution is -0.134. The predicted molar refractivity (Wildman–Crippen MR) is 106 cm³/mol. The number of para-hydroxylation sites is 1. The van der Waals surface area contributed by atoms with Gasteiger partial charge in [0.25, 0.3) is 5.56 Å². The molecule has 0 N–H and O–H groups in total. The average Bonchev–Trinajstić information content (AvgIpc) is 3.04. The van der Waals surface area contributed by atoms with E-state index in [1.54, 1.807) is 3.96 Å². The first kappa shape index (κ1) is 16.8. The van der Waals surface area contributed by atoms with Gasteiger partial charge in [-0.3, -0.25) is 13.5 Å². The Labute approximate surface area is 156 Å². The first-order valence-corrected chi connectivity index (χ1v) is 9.62. The summed E-state index contributed by atoms with van der Waals surface area (Å²) in [5.41, 5.74) is 1.11. The summed E-state index contributed by atoms with van der Waals surface area (Å²) in [7, 11) is 0. The molecule has 6 heteroatoms. The highest BCUT2D eigenvalue weighted by atomic mass is 32.1. The number of hydrogen-bond donors (Lipinski definition) is 0. The van der Waals surface area contributed by atoms with E-state index >= 15 is 0 Å². The summed E-state index contributed by atoms with van der Waals surface area (Å²) in [5.74, 6) is 0.0198. The van der Waals surface area contributed by atoms with Crippen molar-refractivity contribution in [2.75, 3.05) is 31.1 Å². The number of carbonyl (C=O) groups is 1. The van der Waals surface area contributed by atoms with Crippen LogP contribution in [0.5, 0.6) is 0 Å². The maximum absolute atomic E-state index is 12.9. The molecule has 134 valence electrons. The minimum Gasteiger partial charge on any atom is -0.368 e. The van der Waals surface area contributed by atoms with Crippen LogP contribution in [0.4, 0.5) is 5.69 Å². The Morgan fingerprint density at radius 2 is 1.62 bits per heavy atom. The van der Waals surface area contributed by atoms with E-state index in [4.69, 9.17) is 0 Å². The van der Waals surface area contributed by atoms with E-state index in [1.165, 1.54) is 17.2 Å². The zero-order valence-corrected chi connectivity index (χ0v) is 15.5. The summed E-state index contributed by atoms with van der Waals surface area (Å²) < 4.78 is 2.53. The highest BCUT2D eigenvalue weighted by Gasteiger charge is 2.27. The van der Waals surface area contributed by atoms with Crippen LogP contribution in [0.3, 0.4) is 0 Å². The fourth-order valence-electron chi connectivity index (χ4n) is 3.43. The van der Waals surface area contributed by atoms with E-state index in [9.17, 15) is 9.59 Å². The minimum absolute atomic E-state index is 0.0198. The molecule has 1 saturated heterocycles. The van der Waals surface area contributed by atoms with E-state index in [0.717, 1.165) is 17.8 Å². The predicted octanol–water partition coefficient (Wildman–Crippen LogP) is 2.97. The van der Waals surface area contributed by atoms with E-state index in [-0.39, 0.29) is 11.5 Å². The van der Waals surface area contributed by atoms with Crippen LogP contribution < -0.4 is 10.5 Å². The van der Waals surface area contributed by atoms with Gasteiger partial charge >= 0.3 is 0 Å². The standard InChI is InChI=1S/C20H21N3O2S/c1-15(23-20(25)17-9-5-6-10-18(17)26-23)19(24)22-13-11-21(12-14-22)16-7-3-2-4-8-16/h2-10,15H,11-14H2,1H3/t15-/m1/s1. The zero-order valence-electron chi connectivity index (χ0n) is 14.7. The summed E-state index contributed by atoms with van der Waals surface area (Å²) in [6.45, 7) is 4.80. The first-order valence-electron chi connectivity index (χ1n) is 8.84. The number of anilines is 1. The lowest BCUT2D eigenvalue weighted by atomic mass is 10.2. The van der Waals surface area contributed by atoms with Gasteiger partial charge in [-0.1, -0.05) is 41.9 Å². The van der Waals surface area contributed by atoms with Crippen LogP contribution in [0.2, 0.25) is 0 Å². The van der Waals surface area contributed by atoms with Crippen LogP contribution in [-0.2, 0) is 4.79 Å². The van der Waals surface area contributed by atoms with Crippen molar-refractivity contribution in [2.24, 2.45) is 0 Å². The first-order chi connectivity index (χ1) is 12.6. The van der Waals surface area contributed by atoms with Crippen LogP contribution in [-0.4, -0.2) is 40.9 Å². The van der Waals surface area contributed by atoms with Crippen molar-refractivity contribution in [3.63, 3.8) is 0 Å². The van der Waals surface area contributed by atoms with Gasteiger partial charge in [-0.05, 0) is 31.2 Å². The summed E-state index contributed by atoms with van der Waals surface area (Å²) in [6, 6.07) is 17.3. The maximum Gasteiger partial charge on any atom is 0.269 e. The van der Waals surface area contributed by atoms with Gasteiger partial charge in [-0.25, -0.2) is 0 Å². The summed E-state index contributed by atoms with van der Waals surface area (Å²) >= 11 is 1.37. The Hall–Kier alpha value is -2.60. The molecule has 2 aromatic carbocycles. The topological polar surface area (TPSA) is 45.6 Å². The molecule has 1 atom stereocenters. The molecule has 1 fully saturated rings. The average molecular weight is 367 g/mol. The van der Waals surface area contributed by atoms with Gasteiger partial charge in [0.05, 0.1) is 10.1 Å². The smallest absolute Gasteiger partial charge is 0.269 e. The number of benzene rings is 2. The molecule has 4 rings (SSSR count). The number of hydrogen-bond acceptors (Lipinski definition) is 4. The number of carbonyl (C=O) groups excluding carboxylic acids is 1. The Kier molecular flexibility index (Phi) is 4.51. The molecular weight excluding hydrogens is 346 g/mol. The molecule has 0 bridgehead atoms. The molecular formula is C20H21N3O2S. The van der Waals surface area contributed by atoms with E-state index < -0.39 is 6.04 Å². The Morgan fingerprint density at radius 3 is 2.31 bits per heavy atom. The third-order valence-electron chi connectivity index (χ3n) is 4.94. The van der Waals surface area contributed by atoms with Gasteiger partial charge in [-0.15, -0.1) is 0 Å². The molecule has 0 saturated carbocycles. The van der Waals surface area contributed by atoms with Crippen molar-refractivity contribution in [2.45, 2.75) is 13.0 Å². The van der Waals surface area contributed by atoms with Gasteiger partial charge in [0.1, 0.15) is 6.04 Å². The Morgan fingerprint density at radius 1 is 0.962 bits per heavy atom. The molecule has 0 spiro atoms. The SMILES string of the molecule is C[C@H](C(=O)N1CCN(c2ccccc2)CC1)n1sc2ccccc2c1=O. The Bertz CT molecular complexity index is 971. The quantitative estimate of drug-likeness (QED) is 0.715. The number of fused-ring (bicyclic) bond motifs is 1. The van der Waals surface area contributed by atoms with Crippen molar-refractivity contribution < 1.29 is 4.79 Å². The van der Waals surface area contributed by atoms with E-state index in [0.29, 0.717) is 18.5 Å². The summed E-state index contributed by atoms with van der Waals surface area (Å²) in [5, 5.41) is 0.686. The number of rotatable bonds is 3. The molecule has 0 radical (unpaired) electrons. The fraction of sp³-hybridized carbons (Fsp3) is 0.300. The largest absolute Gasteiger partial charge is 0.368 e. The molecule has 1 aliphatic rings. The molecule has 3 aromatic rings. The molecule has 0 aliphatic carbocycles. The highest BCUT2D eigenvalue weighted by Crippen LogP contribution is 2.22. The van der Waals surface area contributed by atoms with Crippen LogP contribution in [0.1, 0.15) is 13.0 Å². The molecule has 5 nitrogen and oxygen atoms in total. The van der Waals surface area contributed by atoms with Crippen molar-refractivity contribution in [3.8, 4) is 0 Å². The third kappa shape index (κ3) is 3.01. The van der Waals surface area contributed by atoms with Crippen molar-refractivity contribution in [1.29, 1.82) is 0 Å². The monoisotopic (exact) mass is 367 g/mol. The van der Waals surface area contributed by atoms with E-state index in [2.05, 4.69) is 17.0 Å². The summed E-state index contributed by atoms with van der Waals surface area (Å²) in [6.07, 6.45) is 0. The number of amides is 1. The van der Waals surface area contributed by atoms with Crippen molar-refractivity contribution in [1.82, 2.24) is 8.86 Å². The lowest BCUT2D eigenvalue weighted by Crippen LogP contribution is -2.50. The van der Waals surface area contributed by atoms with Gasteiger partial charge < -0.3 is 9.80 Å². The molecule has 0 unspecified atom stereocenters. The van der Waals surface area contributed by atoms with Gasteiger partial charge in [-0.2, -0.15) is 0 Å². The molecule has 2 heterocycles. The van der Waals surface area contributed by atoms with Crippen LogP contribution in [0, 0.1) is 0 Å². The second-order valence-corrected chi connectivity index (χ2v) is 7.56. The molecule has 1 amide bonds. The van der Waals surface area contributed by atoms with Gasteiger partial charge in [0, 0.05) is 31.9 Å². The van der Waals surface area contributed by atoms with Crippen LogP contribution in [0.25, 0.3) is 10.1 Å². The van der Waals surface area contributed by atoms with E-state index in [1.807, 2.05) is 54.3 Å². The number of aromatic nitrogens is 1. The second-order valence-electron chi connectivity index (χ2n) is 6.54. The number of piperazine rings is 1. The maximum atomic E-state index is 12.9.